The van der Waals surface area contributed by atoms with Crippen LogP contribution in [0, 0.1) is 17.8 Å². The fourth-order valence-electron chi connectivity index (χ4n) is 5.73. The number of fused-ring (bicyclic) bond motifs is 1. The highest BCUT2D eigenvalue weighted by Crippen LogP contribution is 2.40. The highest BCUT2D eigenvalue weighted by atomic mass is 14.3. The van der Waals surface area contributed by atoms with Gasteiger partial charge >= 0.3 is 0 Å². The van der Waals surface area contributed by atoms with Crippen LogP contribution in [0.25, 0.3) is 11.1 Å². The van der Waals surface area contributed by atoms with Gasteiger partial charge in [-0.1, -0.05) is 66.8 Å². The summed E-state index contributed by atoms with van der Waals surface area (Å²) in [6, 6.07) is 16.5. The molecule has 0 amide bonds. The Balaban J connectivity index is 1.38. The summed E-state index contributed by atoms with van der Waals surface area (Å²) in [7, 11) is 0. The Morgan fingerprint density at radius 3 is 2.27 bits per heavy atom. The molecule has 2 aliphatic carbocycles. The van der Waals surface area contributed by atoms with E-state index in [1.807, 2.05) is 0 Å². The average Bonchev–Trinajstić information content (AvgIpc) is 2.80. The van der Waals surface area contributed by atoms with Crippen molar-refractivity contribution in [2.75, 3.05) is 0 Å². The predicted octanol–water partition coefficient (Wildman–Crippen LogP) is 8.35. The first-order valence-electron chi connectivity index (χ1n) is 12.2. The minimum atomic E-state index is 0.846. The van der Waals surface area contributed by atoms with E-state index in [9.17, 15) is 0 Å². The largest absolute Gasteiger partial charge is 0.0917 e. The number of rotatable bonds is 6. The molecule has 1 atom stereocenters. The quantitative estimate of drug-likeness (QED) is 0.429. The lowest BCUT2D eigenvalue weighted by atomic mass is 9.69. The molecule has 0 radical (unpaired) electrons. The maximum absolute atomic E-state index is 2.48. The normalized spacial score (nSPS) is 24.4. The molecule has 0 bridgehead atoms. The summed E-state index contributed by atoms with van der Waals surface area (Å²) < 4.78 is 0. The maximum Gasteiger partial charge on any atom is -0.0181 e. The Morgan fingerprint density at radius 2 is 1.53 bits per heavy atom. The monoisotopic (exact) mass is 398 g/mol. The third-order valence-electron chi connectivity index (χ3n) is 7.54. The smallest absolute Gasteiger partial charge is 0.0181 e. The van der Waals surface area contributed by atoms with E-state index in [0.29, 0.717) is 0 Å². The lowest BCUT2D eigenvalue weighted by molar-refractivity contribution is 0.206. The van der Waals surface area contributed by atoms with Crippen molar-refractivity contribution in [1.29, 1.82) is 0 Å². The van der Waals surface area contributed by atoms with Crippen LogP contribution in [0.5, 0.6) is 0 Å². The molecular weight excluding hydrogens is 360 g/mol. The molecule has 0 aliphatic heterocycles. The Kier molecular flexibility index (Phi) is 7.26. The molecule has 2 aromatic carbocycles. The van der Waals surface area contributed by atoms with Gasteiger partial charge in [-0.3, -0.25) is 0 Å². The van der Waals surface area contributed by atoms with Gasteiger partial charge in [0.2, 0.25) is 0 Å². The molecule has 1 fully saturated rings. The van der Waals surface area contributed by atoms with Gasteiger partial charge in [0.05, 0.1) is 0 Å². The van der Waals surface area contributed by atoms with Crippen molar-refractivity contribution >= 4 is 0 Å². The molecule has 1 unspecified atom stereocenters. The second kappa shape index (κ2) is 10.3. The number of hydrogen-bond donors (Lipinski definition) is 0. The molecule has 0 N–H and O–H groups in total. The second-order valence-corrected chi connectivity index (χ2v) is 9.49. The summed E-state index contributed by atoms with van der Waals surface area (Å²) in [6.07, 6.45) is 21.0. The second-order valence-electron chi connectivity index (χ2n) is 9.49. The molecule has 0 aromatic heterocycles. The minimum absolute atomic E-state index is 0.846. The van der Waals surface area contributed by atoms with Gasteiger partial charge in [0.1, 0.15) is 0 Å². The number of allylic oxidation sites excluding steroid dienone is 4. The fraction of sp³-hybridized carbons (Fsp3) is 0.467. The molecule has 4 rings (SSSR count). The zero-order chi connectivity index (χ0) is 20.8. The van der Waals surface area contributed by atoms with E-state index < -0.39 is 0 Å². The summed E-state index contributed by atoms with van der Waals surface area (Å²) in [5, 5.41) is 0. The van der Waals surface area contributed by atoms with Gasteiger partial charge in [0.25, 0.3) is 0 Å². The van der Waals surface area contributed by atoms with Crippen molar-refractivity contribution in [3.05, 3.63) is 83.5 Å². The van der Waals surface area contributed by atoms with Crippen molar-refractivity contribution in [1.82, 2.24) is 0 Å². The number of aryl methyl sites for hydroxylation is 2. The van der Waals surface area contributed by atoms with Crippen LogP contribution in [0.2, 0.25) is 0 Å². The van der Waals surface area contributed by atoms with E-state index in [0.717, 1.165) is 30.6 Å². The minimum Gasteiger partial charge on any atom is -0.0917 e. The molecule has 0 heteroatoms. The lowest BCUT2D eigenvalue weighted by Crippen LogP contribution is -2.26. The predicted molar refractivity (Wildman–Crippen MR) is 131 cm³/mol. The number of benzene rings is 2. The van der Waals surface area contributed by atoms with Crippen LogP contribution < -0.4 is 0 Å². The van der Waals surface area contributed by atoms with Gasteiger partial charge in [-0.2, -0.15) is 0 Å². The van der Waals surface area contributed by atoms with Gasteiger partial charge in [-0.15, -0.1) is 0 Å². The molecule has 158 valence electrons. The van der Waals surface area contributed by atoms with Crippen molar-refractivity contribution in [2.24, 2.45) is 17.8 Å². The highest BCUT2D eigenvalue weighted by molar-refractivity contribution is 5.65. The fourth-order valence-corrected chi connectivity index (χ4v) is 5.73. The molecule has 2 aromatic rings. The van der Waals surface area contributed by atoms with Gasteiger partial charge < -0.3 is 0 Å². The zero-order valence-electron chi connectivity index (χ0n) is 18.9. The van der Waals surface area contributed by atoms with E-state index in [-0.39, 0.29) is 0 Å². The molecule has 30 heavy (non-hydrogen) atoms. The first-order valence-corrected chi connectivity index (χ1v) is 12.2. The SMILES string of the molecule is C/C=C/CCc1ccc(-c2ccc3c(c2)CCC(C2CCC(/C=C/C)CC2)C3)cc1. The van der Waals surface area contributed by atoms with E-state index in [1.165, 1.54) is 61.6 Å². The first kappa shape index (κ1) is 21.2. The highest BCUT2D eigenvalue weighted by Gasteiger charge is 2.29. The van der Waals surface area contributed by atoms with Crippen molar-refractivity contribution in [2.45, 2.75) is 71.6 Å². The van der Waals surface area contributed by atoms with E-state index in [2.05, 4.69) is 80.6 Å². The Hall–Kier alpha value is -2.08. The Bertz CT molecular complexity index is 859. The van der Waals surface area contributed by atoms with Gasteiger partial charge in [-0.05, 0) is 117 Å². The summed E-state index contributed by atoms with van der Waals surface area (Å²) in [5.74, 6) is 2.71. The maximum atomic E-state index is 2.48. The van der Waals surface area contributed by atoms with Crippen LogP contribution in [0.15, 0.2) is 66.8 Å². The molecule has 2 aliphatic rings. The van der Waals surface area contributed by atoms with Gasteiger partial charge in [0.15, 0.2) is 0 Å². The molecular formula is C30H38. The van der Waals surface area contributed by atoms with Crippen LogP contribution in [-0.4, -0.2) is 0 Å². The van der Waals surface area contributed by atoms with Crippen LogP contribution in [0.3, 0.4) is 0 Å². The standard InChI is InChI=1S/C30H38/c1-3-5-6-8-24-11-15-26(16-12-24)28-18-20-29-21-27(17-19-30(29)22-28)25-13-9-23(7-4-2)10-14-25/h3-5,7,11-12,15-16,18,20,22-23,25,27H,6,8-10,13-14,17,19,21H2,1-2H3/b5-3+,7-4+. The molecule has 0 nitrogen and oxygen atoms in total. The Morgan fingerprint density at radius 1 is 0.767 bits per heavy atom. The molecule has 0 heterocycles. The van der Waals surface area contributed by atoms with E-state index >= 15 is 0 Å². The molecule has 0 saturated heterocycles. The van der Waals surface area contributed by atoms with Crippen LogP contribution in [0.1, 0.15) is 69.1 Å². The third kappa shape index (κ3) is 5.15. The summed E-state index contributed by atoms with van der Waals surface area (Å²) in [6.45, 7) is 4.26. The van der Waals surface area contributed by atoms with Crippen LogP contribution in [-0.2, 0) is 19.3 Å². The van der Waals surface area contributed by atoms with E-state index in [4.69, 9.17) is 0 Å². The summed E-state index contributed by atoms with van der Waals surface area (Å²) in [5.41, 5.74) is 7.40. The molecule has 1 saturated carbocycles. The topological polar surface area (TPSA) is 0 Å². The lowest BCUT2D eigenvalue weighted by Gasteiger charge is -2.36. The third-order valence-corrected chi connectivity index (χ3v) is 7.54. The zero-order valence-corrected chi connectivity index (χ0v) is 18.9. The summed E-state index contributed by atoms with van der Waals surface area (Å²) in [4.78, 5) is 0. The van der Waals surface area contributed by atoms with E-state index in [1.54, 1.807) is 11.1 Å². The summed E-state index contributed by atoms with van der Waals surface area (Å²) >= 11 is 0. The van der Waals surface area contributed by atoms with Gasteiger partial charge in [-0.25, -0.2) is 0 Å². The van der Waals surface area contributed by atoms with Crippen molar-refractivity contribution < 1.29 is 0 Å². The Labute approximate surface area is 184 Å². The van der Waals surface area contributed by atoms with Crippen molar-refractivity contribution in [3.63, 3.8) is 0 Å². The van der Waals surface area contributed by atoms with Crippen molar-refractivity contribution in [3.8, 4) is 11.1 Å². The average molecular weight is 399 g/mol. The van der Waals surface area contributed by atoms with Crippen LogP contribution >= 0.6 is 0 Å². The first-order chi connectivity index (χ1) is 14.8. The van der Waals surface area contributed by atoms with Crippen LogP contribution in [0.4, 0.5) is 0 Å². The number of hydrogen-bond acceptors (Lipinski definition) is 0. The molecule has 0 spiro atoms. The van der Waals surface area contributed by atoms with Gasteiger partial charge in [0, 0.05) is 0 Å².